The van der Waals surface area contributed by atoms with Crippen LogP contribution in [0, 0.1) is 0 Å². The van der Waals surface area contributed by atoms with Gasteiger partial charge in [-0.15, -0.1) is 0 Å². The van der Waals surface area contributed by atoms with Crippen molar-refractivity contribution in [1.82, 2.24) is 5.32 Å². The molecule has 8 heteroatoms. The van der Waals surface area contributed by atoms with Crippen molar-refractivity contribution in [2.75, 3.05) is 26.9 Å². The van der Waals surface area contributed by atoms with E-state index in [1.54, 1.807) is 19.2 Å². The van der Waals surface area contributed by atoms with Crippen LogP contribution in [0.5, 0.6) is 5.75 Å². The first-order chi connectivity index (χ1) is 9.84. The number of aliphatic hydroxyl groups excluding tert-OH is 1. The number of ether oxygens (including phenoxy) is 2. The lowest BCUT2D eigenvalue weighted by Gasteiger charge is -2.16. The minimum absolute atomic E-state index is 0.0978. The van der Waals surface area contributed by atoms with Crippen LogP contribution >= 0.6 is 11.6 Å². The fourth-order valence-electron chi connectivity index (χ4n) is 1.44. The lowest BCUT2D eigenvalue weighted by atomic mass is 10.2. The number of hydrogen-bond acceptors (Lipinski definition) is 4. The van der Waals surface area contributed by atoms with Crippen LogP contribution in [0.1, 0.15) is 5.56 Å². The van der Waals surface area contributed by atoms with Crippen LogP contribution < -0.4 is 10.1 Å². The summed E-state index contributed by atoms with van der Waals surface area (Å²) >= 11 is 5.93. The maximum absolute atomic E-state index is 12.1. The van der Waals surface area contributed by atoms with Gasteiger partial charge in [0.1, 0.15) is 12.4 Å². The number of hydrogen-bond donors (Lipinski definition) is 2. The van der Waals surface area contributed by atoms with E-state index in [4.69, 9.17) is 26.2 Å². The lowest BCUT2D eigenvalue weighted by molar-refractivity contribution is -0.210. The number of benzene rings is 1. The van der Waals surface area contributed by atoms with Gasteiger partial charge in [-0.3, -0.25) is 0 Å². The molecule has 120 valence electrons. The Morgan fingerprint density at radius 1 is 1.38 bits per heavy atom. The van der Waals surface area contributed by atoms with E-state index < -0.39 is 18.9 Å². The molecule has 0 radical (unpaired) electrons. The Bertz CT molecular complexity index is 443. The van der Waals surface area contributed by atoms with Crippen LogP contribution in [0.25, 0.3) is 0 Å². The highest BCUT2D eigenvalue weighted by Gasteiger charge is 2.38. The number of methoxy groups -OCH3 is 1. The van der Waals surface area contributed by atoms with Crippen molar-refractivity contribution in [1.29, 1.82) is 0 Å². The Hall–Kier alpha value is -1.02. The van der Waals surface area contributed by atoms with Crippen LogP contribution in [0.4, 0.5) is 13.2 Å². The van der Waals surface area contributed by atoms with Crippen LogP contribution in [-0.4, -0.2) is 44.3 Å². The van der Waals surface area contributed by atoms with Crippen molar-refractivity contribution in [2.45, 2.75) is 18.8 Å². The van der Waals surface area contributed by atoms with Crippen molar-refractivity contribution in [3.8, 4) is 5.75 Å². The highest BCUT2D eigenvalue weighted by molar-refractivity contribution is 6.32. The molecule has 1 unspecified atom stereocenters. The van der Waals surface area contributed by atoms with Gasteiger partial charge >= 0.3 is 6.18 Å². The molecule has 0 bridgehead atoms. The molecule has 0 aromatic heterocycles. The normalized spacial score (nSPS) is 13.2. The van der Waals surface area contributed by atoms with Gasteiger partial charge < -0.3 is 19.9 Å². The van der Waals surface area contributed by atoms with E-state index in [-0.39, 0.29) is 10.8 Å². The summed E-state index contributed by atoms with van der Waals surface area (Å²) in [5.74, 6) is 0.0978. The van der Waals surface area contributed by atoms with E-state index >= 15 is 0 Å². The Morgan fingerprint density at radius 3 is 2.67 bits per heavy atom. The minimum Gasteiger partial charge on any atom is -0.489 e. The molecule has 4 nitrogen and oxygen atoms in total. The summed E-state index contributed by atoms with van der Waals surface area (Å²) in [5, 5.41) is 12.1. The molecule has 0 saturated carbocycles. The van der Waals surface area contributed by atoms with Crippen molar-refractivity contribution >= 4 is 11.6 Å². The lowest BCUT2D eigenvalue weighted by Crippen LogP contribution is -2.34. The van der Waals surface area contributed by atoms with Gasteiger partial charge in [-0.25, -0.2) is 0 Å². The second kappa shape index (κ2) is 8.43. The average molecular weight is 328 g/mol. The van der Waals surface area contributed by atoms with Gasteiger partial charge in [0.2, 0.25) is 0 Å². The van der Waals surface area contributed by atoms with Gasteiger partial charge in [0, 0.05) is 20.2 Å². The summed E-state index contributed by atoms with van der Waals surface area (Å²) < 4.78 is 46.2. The number of aliphatic hydroxyl groups is 1. The summed E-state index contributed by atoms with van der Waals surface area (Å²) in [7, 11) is 1.60. The summed E-state index contributed by atoms with van der Waals surface area (Å²) in [6.45, 7) is 0.900. The van der Waals surface area contributed by atoms with Gasteiger partial charge in [-0.2, -0.15) is 13.2 Å². The molecule has 0 amide bonds. The van der Waals surface area contributed by atoms with Gasteiger partial charge in [-0.05, 0) is 17.7 Å². The van der Waals surface area contributed by atoms with E-state index in [1.165, 1.54) is 6.07 Å². The summed E-state index contributed by atoms with van der Waals surface area (Å²) in [5.41, 5.74) is 0.861. The minimum atomic E-state index is -4.71. The molecule has 1 rings (SSSR count). The molecule has 0 aliphatic carbocycles. The molecule has 0 aliphatic heterocycles. The molecule has 0 aliphatic rings. The summed E-state index contributed by atoms with van der Waals surface area (Å²) in [6.07, 6.45) is -7.25. The first-order valence-corrected chi connectivity index (χ1v) is 6.58. The predicted molar refractivity (Wildman–Crippen MR) is 72.6 cm³/mol. The van der Waals surface area contributed by atoms with E-state index in [0.29, 0.717) is 19.7 Å². The van der Waals surface area contributed by atoms with Gasteiger partial charge in [0.05, 0.1) is 11.6 Å². The molecule has 1 aromatic rings. The number of alkyl halides is 3. The first kappa shape index (κ1) is 18.0. The second-order valence-electron chi connectivity index (χ2n) is 4.30. The summed E-state index contributed by atoms with van der Waals surface area (Å²) in [4.78, 5) is 0. The second-order valence-corrected chi connectivity index (χ2v) is 4.71. The maximum atomic E-state index is 12.1. The molecular formula is C13H17ClF3NO3. The molecule has 1 atom stereocenters. The molecule has 0 fully saturated rings. The standard InChI is InChI=1S/C13H17ClF3NO3/c1-20-5-4-18-7-9-2-3-11(10(14)6-9)21-8-12(19)13(15,16)17/h2-3,6,12,18-19H,4-5,7-8H2,1H3. The summed E-state index contributed by atoms with van der Waals surface area (Å²) in [6, 6.07) is 4.75. The Balaban J connectivity index is 2.50. The van der Waals surface area contributed by atoms with E-state index in [2.05, 4.69) is 5.32 Å². The fraction of sp³-hybridized carbons (Fsp3) is 0.538. The van der Waals surface area contributed by atoms with Gasteiger partial charge in [-0.1, -0.05) is 17.7 Å². The zero-order valence-electron chi connectivity index (χ0n) is 11.4. The van der Waals surface area contributed by atoms with E-state index in [0.717, 1.165) is 5.56 Å². The van der Waals surface area contributed by atoms with Crippen LogP contribution in [-0.2, 0) is 11.3 Å². The van der Waals surface area contributed by atoms with Crippen molar-refractivity contribution < 1.29 is 27.8 Å². The Labute approximate surface area is 125 Å². The third kappa shape index (κ3) is 6.52. The zero-order chi connectivity index (χ0) is 15.9. The smallest absolute Gasteiger partial charge is 0.417 e. The molecule has 1 aromatic carbocycles. The largest absolute Gasteiger partial charge is 0.489 e. The van der Waals surface area contributed by atoms with Crippen molar-refractivity contribution in [2.24, 2.45) is 0 Å². The highest BCUT2D eigenvalue weighted by atomic mass is 35.5. The molecule has 0 spiro atoms. The van der Waals surface area contributed by atoms with E-state index in [9.17, 15) is 13.2 Å². The van der Waals surface area contributed by atoms with Crippen LogP contribution in [0.15, 0.2) is 18.2 Å². The quantitative estimate of drug-likeness (QED) is 0.720. The molecule has 21 heavy (non-hydrogen) atoms. The zero-order valence-corrected chi connectivity index (χ0v) is 12.2. The molecular weight excluding hydrogens is 311 g/mol. The predicted octanol–water partition coefficient (Wildman–Crippen LogP) is 2.38. The molecule has 2 N–H and O–H groups in total. The van der Waals surface area contributed by atoms with Crippen molar-refractivity contribution in [3.63, 3.8) is 0 Å². The van der Waals surface area contributed by atoms with Gasteiger partial charge in [0.15, 0.2) is 6.10 Å². The molecule has 0 heterocycles. The monoisotopic (exact) mass is 327 g/mol. The van der Waals surface area contributed by atoms with E-state index in [1.807, 2.05) is 0 Å². The van der Waals surface area contributed by atoms with Crippen LogP contribution in [0.2, 0.25) is 5.02 Å². The topological polar surface area (TPSA) is 50.7 Å². The fourth-order valence-corrected chi connectivity index (χ4v) is 1.70. The Kier molecular flexibility index (Phi) is 7.24. The number of rotatable bonds is 8. The molecule has 0 saturated heterocycles. The first-order valence-electron chi connectivity index (χ1n) is 6.20. The van der Waals surface area contributed by atoms with Crippen LogP contribution in [0.3, 0.4) is 0 Å². The highest BCUT2D eigenvalue weighted by Crippen LogP contribution is 2.27. The maximum Gasteiger partial charge on any atom is 0.417 e. The Morgan fingerprint density at radius 2 is 2.10 bits per heavy atom. The SMILES string of the molecule is COCCNCc1ccc(OCC(O)C(F)(F)F)c(Cl)c1. The number of nitrogens with one attached hydrogen (secondary N) is 1. The van der Waals surface area contributed by atoms with Crippen molar-refractivity contribution in [3.05, 3.63) is 28.8 Å². The third-order valence-electron chi connectivity index (χ3n) is 2.58. The average Bonchev–Trinajstić information content (AvgIpc) is 2.41. The third-order valence-corrected chi connectivity index (χ3v) is 2.88. The van der Waals surface area contributed by atoms with Gasteiger partial charge in [0.25, 0.3) is 0 Å². The number of halogens is 4.